The second kappa shape index (κ2) is 4.43. The van der Waals surface area contributed by atoms with Crippen molar-refractivity contribution in [3.63, 3.8) is 0 Å². The van der Waals surface area contributed by atoms with E-state index in [2.05, 4.69) is 41.9 Å². The number of nitrogens with zero attached hydrogens (tertiary/aromatic N) is 3. The van der Waals surface area contributed by atoms with Crippen LogP contribution >= 0.6 is 15.9 Å². The highest BCUT2D eigenvalue weighted by atomic mass is 79.9. The first-order valence-corrected chi connectivity index (χ1v) is 7.07. The molecule has 21 heavy (non-hydrogen) atoms. The minimum absolute atomic E-state index is 0.610. The van der Waals surface area contributed by atoms with Gasteiger partial charge in [0.1, 0.15) is 5.82 Å². The van der Waals surface area contributed by atoms with Gasteiger partial charge in [0, 0.05) is 10.0 Å². The van der Waals surface area contributed by atoms with E-state index in [-0.39, 0.29) is 0 Å². The van der Waals surface area contributed by atoms with E-state index < -0.39 is 0 Å². The molecular weight excluding hydrogens is 330 g/mol. The third-order valence-corrected chi connectivity index (χ3v) is 4.03. The van der Waals surface area contributed by atoms with Crippen LogP contribution in [0.5, 0.6) is 0 Å². The molecule has 100 valence electrons. The molecule has 4 rings (SSSR count). The Kier molecular flexibility index (Phi) is 2.56. The molecule has 2 aromatic carbocycles. The molecule has 5 nitrogen and oxygen atoms in total. The molecule has 0 fully saturated rings. The number of rotatable bonds is 1. The molecule has 0 atom stereocenters. The zero-order valence-corrected chi connectivity index (χ0v) is 12.3. The van der Waals surface area contributed by atoms with Crippen LogP contribution in [0.25, 0.3) is 33.5 Å². The first-order valence-electron chi connectivity index (χ1n) is 6.27. The number of fused-ring (bicyclic) bond motifs is 2. The van der Waals surface area contributed by atoms with Crippen LogP contribution in [0, 0.1) is 11.3 Å². The normalized spacial score (nSPS) is 11.0. The maximum atomic E-state index is 8.92. The van der Waals surface area contributed by atoms with Crippen LogP contribution in [0.3, 0.4) is 0 Å². The molecule has 0 bridgehead atoms. The van der Waals surface area contributed by atoms with E-state index in [1.807, 2.05) is 18.2 Å². The molecule has 0 saturated carbocycles. The summed E-state index contributed by atoms with van der Waals surface area (Å²) >= 11 is 3.49. The Bertz CT molecular complexity index is 974. The summed E-state index contributed by atoms with van der Waals surface area (Å²) in [5.41, 5.74) is 5.19. The first kappa shape index (κ1) is 12.1. The van der Waals surface area contributed by atoms with Crippen LogP contribution in [0.4, 0.5) is 0 Å². The van der Waals surface area contributed by atoms with Gasteiger partial charge in [0.15, 0.2) is 0 Å². The topological polar surface area (TPSA) is 81.2 Å². The third-order valence-electron chi connectivity index (χ3n) is 3.38. The molecule has 2 N–H and O–H groups in total. The van der Waals surface area contributed by atoms with Gasteiger partial charge in [-0.05, 0) is 46.3 Å². The summed E-state index contributed by atoms with van der Waals surface area (Å²) in [7, 11) is 0. The van der Waals surface area contributed by atoms with E-state index in [1.165, 1.54) is 0 Å². The van der Waals surface area contributed by atoms with Crippen molar-refractivity contribution in [2.24, 2.45) is 0 Å². The molecule has 0 aliphatic rings. The van der Waals surface area contributed by atoms with Crippen molar-refractivity contribution in [3.8, 4) is 17.5 Å². The summed E-state index contributed by atoms with van der Waals surface area (Å²) in [5, 5.41) is 8.92. The van der Waals surface area contributed by atoms with Crippen molar-refractivity contribution in [1.82, 2.24) is 19.9 Å². The molecule has 2 aromatic heterocycles. The van der Waals surface area contributed by atoms with E-state index in [0.29, 0.717) is 5.56 Å². The smallest absolute Gasteiger partial charge is 0.139 e. The molecule has 0 saturated heterocycles. The minimum atomic E-state index is 0.610. The second-order valence-electron chi connectivity index (χ2n) is 4.68. The summed E-state index contributed by atoms with van der Waals surface area (Å²) in [6.45, 7) is 0. The minimum Gasteiger partial charge on any atom is -0.345 e. The van der Waals surface area contributed by atoms with Crippen molar-refractivity contribution >= 4 is 38.0 Å². The summed E-state index contributed by atoms with van der Waals surface area (Å²) in [4.78, 5) is 15.2. The monoisotopic (exact) mass is 337 g/mol. The van der Waals surface area contributed by atoms with Gasteiger partial charge in [-0.3, -0.25) is 0 Å². The molecule has 0 aliphatic carbocycles. The molecule has 0 amide bonds. The van der Waals surface area contributed by atoms with Gasteiger partial charge in [-0.15, -0.1) is 0 Å². The molecular formula is C15H8BrN5. The fraction of sp³-hybridized carbons (Fsp3) is 0. The van der Waals surface area contributed by atoms with Crippen molar-refractivity contribution in [1.29, 1.82) is 5.26 Å². The highest BCUT2D eigenvalue weighted by Gasteiger charge is 2.10. The van der Waals surface area contributed by atoms with E-state index in [0.717, 1.165) is 37.9 Å². The fourth-order valence-electron chi connectivity index (χ4n) is 2.34. The number of hydrogen-bond donors (Lipinski definition) is 2. The first-order chi connectivity index (χ1) is 10.2. The third kappa shape index (κ3) is 1.90. The Hall–Kier alpha value is -2.65. The Morgan fingerprint density at radius 3 is 2.81 bits per heavy atom. The molecule has 0 radical (unpaired) electrons. The summed E-state index contributed by atoms with van der Waals surface area (Å²) in [5.74, 6) is 0.758. The molecule has 2 heterocycles. The van der Waals surface area contributed by atoms with Crippen LogP contribution in [0.15, 0.2) is 41.1 Å². The molecule has 0 unspecified atom stereocenters. The maximum absolute atomic E-state index is 8.92. The summed E-state index contributed by atoms with van der Waals surface area (Å²) < 4.78 is 0.837. The molecule has 6 heteroatoms. The van der Waals surface area contributed by atoms with Gasteiger partial charge in [-0.1, -0.05) is 0 Å². The predicted molar refractivity (Wildman–Crippen MR) is 83.6 cm³/mol. The standard InChI is InChI=1S/C15H8BrN5/c16-10-3-8(6-17)1-2-9(10)15-20-13-4-11-12(19-7-18-11)5-14(13)21-15/h1-5,7H,(H,18,19)(H,20,21). The number of halogens is 1. The van der Waals surface area contributed by atoms with Gasteiger partial charge < -0.3 is 9.97 Å². The van der Waals surface area contributed by atoms with Gasteiger partial charge in [0.05, 0.1) is 40.0 Å². The van der Waals surface area contributed by atoms with Crippen molar-refractivity contribution in [2.45, 2.75) is 0 Å². The van der Waals surface area contributed by atoms with Crippen molar-refractivity contribution < 1.29 is 0 Å². The van der Waals surface area contributed by atoms with Gasteiger partial charge in [-0.25, -0.2) is 9.97 Å². The number of aromatic nitrogens is 4. The van der Waals surface area contributed by atoms with E-state index in [9.17, 15) is 0 Å². The highest BCUT2D eigenvalue weighted by Crippen LogP contribution is 2.29. The number of nitrogens with one attached hydrogen (secondary N) is 2. The Morgan fingerprint density at radius 1 is 1.10 bits per heavy atom. The Morgan fingerprint density at radius 2 is 2.00 bits per heavy atom. The SMILES string of the molecule is N#Cc1ccc(-c2nc3cc4nc[nH]c4cc3[nH]2)c(Br)c1. The zero-order chi connectivity index (χ0) is 14.4. The number of H-pyrrole nitrogens is 2. The Labute approximate surface area is 127 Å². The fourth-order valence-corrected chi connectivity index (χ4v) is 2.91. The van der Waals surface area contributed by atoms with E-state index in [4.69, 9.17) is 5.26 Å². The molecule has 0 spiro atoms. The van der Waals surface area contributed by atoms with Crippen LogP contribution < -0.4 is 0 Å². The largest absolute Gasteiger partial charge is 0.345 e. The number of aromatic amines is 2. The average molecular weight is 338 g/mol. The maximum Gasteiger partial charge on any atom is 0.139 e. The van der Waals surface area contributed by atoms with Crippen LogP contribution in [-0.4, -0.2) is 19.9 Å². The highest BCUT2D eigenvalue weighted by molar-refractivity contribution is 9.10. The van der Waals surface area contributed by atoms with Gasteiger partial charge >= 0.3 is 0 Å². The van der Waals surface area contributed by atoms with Crippen LogP contribution in [-0.2, 0) is 0 Å². The van der Waals surface area contributed by atoms with Gasteiger partial charge in [-0.2, -0.15) is 5.26 Å². The average Bonchev–Trinajstić information content (AvgIpc) is 3.09. The lowest BCUT2D eigenvalue weighted by atomic mass is 10.1. The zero-order valence-electron chi connectivity index (χ0n) is 10.7. The van der Waals surface area contributed by atoms with Crippen LogP contribution in [0.1, 0.15) is 5.56 Å². The molecule has 4 aromatic rings. The summed E-state index contributed by atoms with van der Waals surface area (Å²) in [6.07, 6.45) is 1.67. The number of benzene rings is 2. The second-order valence-corrected chi connectivity index (χ2v) is 5.54. The van der Waals surface area contributed by atoms with Gasteiger partial charge in [0.25, 0.3) is 0 Å². The van der Waals surface area contributed by atoms with Crippen LogP contribution in [0.2, 0.25) is 0 Å². The lowest BCUT2D eigenvalue weighted by Crippen LogP contribution is -1.84. The summed E-state index contributed by atoms with van der Waals surface area (Å²) in [6, 6.07) is 11.5. The van der Waals surface area contributed by atoms with Crippen molar-refractivity contribution in [2.75, 3.05) is 0 Å². The van der Waals surface area contributed by atoms with E-state index >= 15 is 0 Å². The number of hydrogen-bond acceptors (Lipinski definition) is 3. The van der Waals surface area contributed by atoms with E-state index in [1.54, 1.807) is 18.5 Å². The predicted octanol–water partition coefficient (Wildman–Crippen LogP) is 3.74. The number of imidazole rings is 2. The molecule has 0 aliphatic heterocycles. The van der Waals surface area contributed by atoms with Gasteiger partial charge in [0.2, 0.25) is 0 Å². The van der Waals surface area contributed by atoms with Crippen molar-refractivity contribution in [3.05, 3.63) is 46.7 Å². The quantitative estimate of drug-likeness (QED) is 0.555. The lowest BCUT2D eigenvalue weighted by molar-refractivity contribution is 1.32. The number of nitriles is 1. The lowest BCUT2D eigenvalue weighted by Gasteiger charge is -2.00. The Balaban J connectivity index is 1.92.